The van der Waals surface area contributed by atoms with Crippen LogP contribution in [0, 0.1) is 10.8 Å². The molecule has 0 unspecified atom stereocenters. The van der Waals surface area contributed by atoms with Crippen LogP contribution in [0.2, 0.25) is 0 Å². The molecule has 0 atom stereocenters. The van der Waals surface area contributed by atoms with Gasteiger partial charge in [0.2, 0.25) is 0 Å². The Labute approximate surface area is 167 Å². The van der Waals surface area contributed by atoms with Crippen LogP contribution < -0.4 is 0 Å². The van der Waals surface area contributed by atoms with Crippen LogP contribution >= 0.6 is 0 Å². The summed E-state index contributed by atoms with van der Waals surface area (Å²) in [5.41, 5.74) is -0.0313. The van der Waals surface area contributed by atoms with E-state index in [0.29, 0.717) is 25.7 Å². The Hall–Kier alpha value is -2.24. The number of aryl methyl sites for hydroxylation is 2. The zero-order valence-electron chi connectivity index (χ0n) is 17.4. The lowest BCUT2D eigenvalue weighted by Gasteiger charge is -2.19. The quantitative estimate of drug-likeness (QED) is 0.380. The van der Waals surface area contributed by atoms with E-state index in [4.69, 9.17) is 10.2 Å². The second kappa shape index (κ2) is 9.80. The van der Waals surface area contributed by atoms with E-state index in [1.165, 1.54) is 6.07 Å². The van der Waals surface area contributed by atoms with Crippen molar-refractivity contribution >= 4 is 11.9 Å². The van der Waals surface area contributed by atoms with Crippen molar-refractivity contribution in [2.24, 2.45) is 10.8 Å². The predicted molar refractivity (Wildman–Crippen MR) is 108 cm³/mol. The first-order valence-electron chi connectivity index (χ1n) is 9.87. The third kappa shape index (κ3) is 7.06. The van der Waals surface area contributed by atoms with Crippen molar-refractivity contribution in [3.63, 3.8) is 0 Å². The van der Waals surface area contributed by atoms with E-state index in [2.05, 4.69) is 0 Å². The van der Waals surface area contributed by atoms with Crippen LogP contribution in [0.3, 0.4) is 0 Å². The molecule has 1 aromatic carbocycles. The molecule has 0 amide bonds. The zero-order valence-corrected chi connectivity index (χ0v) is 17.4. The van der Waals surface area contributed by atoms with Crippen molar-refractivity contribution in [3.05, 3.63) is 23.3 Å². The van der Waals surface area contributed by atoms with Gasteiger partial charge >= 0.3 is 11.9 Å². The van der Waals surface area contributed by atoms with Gasteiger partial charge in [0, 0.05) is 6.07 Å². The third-order valence-corrected chi connectivity index (χ3v) is 5.43. The highest BCUT2D eigenvalue weighted by Gasteiger charge is 2.27. The summed E-state index contributed by atoms with van der Waals surface area (Å²) < 4.78 is 0. The highest BCUT2D eigenvalue weighted by atomic mass is 16.4. The fourth-order valence-electron chi connectivity index (χ4n) is 3.05. The summed E-state index contributed by atoms with van der Waals surface area (Å²) in [5.74, 6) is -1.53. The molecule has 0 aliphatic carbocycles. The molecule has 4 N–H and O–H groups in total. The van der Waals surface area contributed by atoms with Gasteiger partial charge in [-0.25, -0.2) is 0 Å². The summed E-state index contributed by atoms with van der Waals surface area (Å²) in [7, 11) is 0. The highest BCUT2D eigenvalue weighted by Crippen LogP contribution is 2.31. The number of carboxylic acid groups (broad SMARTS) is 2. The standard InChI is InChI=1S/C22H34O6/c1-21(2,19(25)26)11-7-5-9-15-13-16(18(24)14-17(15)23)10-6-8-12-22(3,4)20(27)28/h13-14,23-24H,5-12H2,1-4H3,(H,25,26)(H,27,28). The second-order valence-electron chi connectivity index (χ2n) is 8.90. The molecule has 0 radical (unpaired) electrons. The third-order valence-electron chi connectivity index (χ3n) is 5.43. The van der Waals surface area contributed by atoms with Crippen molar-refractivity contribution in [1.29, 1.82) is 0 Å². The summed E-state index contributed by atoms with van der Waals surface area (Å²) in [5, 5.41) is 38.5. The topological polar surface area (TPSA) is 115 Å². The summed E-state index contributed by atoms with van der Waals surface area (Å²) >= 11 is 0. The minimum absolute atomic E-state index is 0.0470. The minimum Gasteiger partial charge on any atom is -0.508 e. The fourth-order valence-corrected chi connectivity index (χ4v) is 3.05. The van der Waals surface area contributed by atoms with Crippen molar-refractivity contribution in [1.82, 2.24) is 0 Å². The predicted octanol–water partition coefficient (Wildman–Crippen LogP) is 4.75. The van der Waals surface area contributed by atoms with Crippen LogP contribution in [0.25, 0.3) is 0 Å². The lowest BCUT2D eigenvalue weighted by atomic mass is 9.86. The van der Waals surface area contributed by atoms with Crippen LogP contribution in [-0.2, 0) is 22.4 Å². The average molecular weight is 395 g/mol. The van der Waals surface area contributed by atoms with Gasteiger partial charge in [-0.2, -0.15) is 0 Å². The number of aromatic hydroxyl groups is 2. The van der Waals surface area contributed by atoms with E-state index in [-0.39, 0.29) is 11.5 Å². The Morgan fingerprint density at radius 2 is 1.07 bits per heavy atom. The Balaban J connectivity index is 2.59. The smallest absolute Gasteiger partial charge is 0.309 e. The largest absolute Gasteiger partial charge is 0.508 e. The number of hydrogen-bond donors (Lipinski definition) is 4. The van der Waals surface area contributed by atoms with Gasteiger partial charge in [0.25, 0.3) is 0 Å². The SMILES string of the molecule is CC(C)(CCCCc1cc(CCCCC(C)(C)C(=O)O)c(O)cc1O)C(=O)O. The van der Waals surface area contributed by atoms with Gasteiger partial charge in [-0.3, -0.25) is 9.59 Å². The molecule has 28 heavy (non-hydrogen) atoms. The number of carbonyl (C=O) groups is 2. The second-order valence-corrected chi connectivity index (χ2v) is 8.90. The number of aliphatic carboxylic acids is 2. The van der Waals surface area contributed by atoms with E-state index >= 15 is 0 Å². The molecule has 0 aliphatic heterocycles. The maximum absolute atomic E-state index is 11.1. The van der Waals surface area contributed by atoms with Gasteiger partial charge < -0.3 is 20.4 Å². The molecule has 6 heteroatoms. The number of carboxylic acids is 2. The van der Waals surface area contributed by atoms with Gasteiger partial charge in [-0.05, 0) is 83.4 Å². The van der Waals surface area contributed by atoms with Gasteiger partial charge in [0.15, 0.2) is 0 Å². The van der Waals surface area contributed by atoms with Crippen molar-refractivity contribution < 1.29 is 30.0 Å². The highest BCUT2D eigenvalue weighted by molar-refractivity contribution is 5.73. The van der Waals surface area contributed by atoms with Crippen LogP contribution in [0.15, 0.2) is 12.1 Å². The number of phenolic OH excluding ortho intramolecular Hbond substituents is 2. The fraction of sp³-hybridized carbons (Fsp3) is 0.636. The summed E-state index contributed by atoms with van der Waals surface area (Å²) in [4.78, 5) is 22.3. The van der Waals surface area contributed by atoms with Gasteiger partial charge in [-0.15, -0.1) is 0 Å². The molecular weight excluding hydrogens is 360 g/mol. The van der Waals surface area contributed by atoms with Crippen LogP contribution in [0.4, 0.5) is 0 Å². The number of hydrogen-bond acceptors (Lipinski definition) is 4. The van der Waals surface area contributed by atoms with Crippen LogP contribution in [-0.4, -0.2) is 32.4 Å². The molecule has 0 bridgehead atoms. The van der Waals surface area contributed by atoms with E-state index < -0.39 is 22.8 Å². The van der Waals surface area contributed by atoms with E-state index in [1.54, 1.807) is 33.8 Å². The van der Waals surface area contributed by atoms with Crippen molar-refractivity contribution in [2.75, 3.05) is 0 Å². The molecule has 0 saturated heterocycles. The molecule has 158 valence electrons. The number of benzene rings is 1. The Morgan fingerprint density at radius 3 is 1.39 bits per heavy atom. The van der Waals surface area contributed by atoms with E-state index in [1.807, 2.05) is 0 Å². The molecule has 1 aromatic rings. The number of phenols is 2. The Bertz CT molecular complexity index is 635. The molecule has 0 fully saturated rings. The minimum atomic E-state index is -0.812. The lowest BCUT2D eigenvalue weighted by Crippen LogP contribution is -2.23. The molecular formula is C22H34O6. The first-order valence-corrected chi connectivity index (χ1v) is 9.87. The Kier molecular flexibility index (Phi) is 8.33. The molecule has 0 heterocycles. The van der Waals surface area contributed by atoms with Gasteiger partial charge in [0.05, 0.1) is 10.8 Å². The molecule has 0 aliphatic rings. The first kappa shape index (κ1) is 23.8. The summed E-state index contributed by atoms with van der Waals surface area (Å²) in [6.07, 6.45) is 5.32. The van der Waals surface area contributed by atoms with Crippen LogP contribution in [0.1, 0.15) is 77.3 Å². The van der Waals surface area contributed by atoms with Gasteiger partial charge in [0.1, 0.15) is 11.5 Å². The maximum Gasteiger partial charge on any atom is 0.309 e. The molecule has 6 nitrogen and oxygen atoms in total. The van der Waals surface area contributed by atoms with Crippen molar-refractivity contribution in [3.8, 4) is 11.5 Å². The number of unbranched alkanes of at least 4 members (excludes halogenated alkanes) is 2. The molecule has 0 saturated carbocycles. The monoisotopic (exact) mass is 394 g/mol. The summed E-state index contributed by atoms with van der Waals surface area (Å²) in [6, 6.07) is 3.16. The zero-order chi connectivity index (χ0) is 21.5. The lowest BCUT2D eigenvalue weighted by molar-refractivity contribution is -0.148. The molecule has 1 rings (SSSR count). The average Bonchev–Trinajstić information content (AvgIpc) is 2.58. The summed E-state index contributed by atoms with van der Waals surface area (Å²) in [6.45, 7) is 6.82. The normalized spacial score (nSPS) is 12.1. The van der Waals surface area contributed by atoms with Gasteiger partial charge in [-0.1, -0.05) is 12.8 Å². The van der Waals surface area contributed by atoms with Crippen LogP contribution in [0.5, 0.6) is 11.5 Å². The number of rotatable bonds is 12. The first-order chi connectivity index (χ1) is 12.9. The Morgan fingerprint density at radius 1 is 0.714 bits per heavy atom. The van der Waals surface area contributed by atoms with E-state index in [9.17, 15) is 19.8 Å². The maximum atomic E-state index is 11.1. The van der Waals surface area contributed by atoms with Crippen molar-refractivity contribution in [2.45, 2.75) is 79.1 Å². The molecule has 0 aromatic heterocycles. The molecule has 0 spiro atoms. The van der Waals surface area contributed by atoms with E-state index in [0.717, 1.165) is 36.8 Å².